The molecule has 0 unspecified atom stereocenters. The van der Waals surface area contributed by atoms with Crippen molar-refractivity contribution < 1.29 is 55.4 Å². The first kappa shape index (κ1) is 72.0. The molecule has 0 saturated heterocycles. The number of terminal acetylenes is 1. The lowest BCUT2D eigenvalue weighted by Gasteiger charge is -2.42. The minimum Gasteiger partial charge on any atom is -0.389 e. The van der Waals surface area contributed by atoms with Gasteiger partial charge in [-0.1, -0.05) is 97.7 Å². The van der Waals surface area contributed by atoms with Crippen LogP contribution in [-0.2, 0) is 54.0 Å². The monoisotopic (exact) mass is 1520 g/mol. The average Bonchev–Trinajstić information content (AvgIpc) is 1.58. The number of nitrogens with zero attached hydrogens (tertiary/aromatic N) is 6. The molecule has 15 nitrogen and oxygen atoms in total. The van der Waals surface area contributed by atoms with Crippen molar-refractivity contribution >= 4 is 74.7 Å². The van der Waals surface area contributed by atoms with Gasteiger partial charge in [0.1, 0.15) is 28.7 Å². The van der Waals surface area contributed by atoms with E-state index in [-0.39, 0.29) is 22.9 Å². The lowest BCUT2D eigenvalue weighted by molar-refractivity contribution is -0.160. The van der Waals surface area contributed by atoms with Crippen molar-refractivity contribution in [3.63, 3.8) is 0 Å². The van der Waals surface area contributed by atoms with E-state index in [1.807, 2.05) is 111 Å². The molecular weight excluding hydrogens is 1440 g/mol. The fourth-order valence-corrected chi connectivity index (χ4v) is 18.0. The topological polar surface area (TPSA) is 185 Å². The van der Waals surface area contributed by atoms with E-state index in [0.29, 0.717) is 37.0 Å². The molecule has 0 aliphatic heterocycles. The molecule has 100 heavy (non-hydrogen) atoms. The number of rotatable bonds is 13. The zero-order valence-electron chi connectivity index (χ0n) is 55.9. The number of fused-ring (bicyclic) bond motifs is 6. The van der Waals surface area contributed by atoms with Crippen molar-refractivity contribution in [2.45, 2.75) is 123 Å². The first-order valence-corrected chi connectivity index (χ1v) is 37.0. The molecule has 3 heterocycles. The van der Waals surface area contributed by atoms with E-state index in [9.17, 15) is 36.9 Å². The third kappa shape index (κ3) is 14.1. The predicted octanol–water partition coefficient (Wildman–Crippen LogP) is 15.6. The zero-order valence-corrected chi connectivity index (χ0v) is 60.5. The smallest absolute Gasteiger partial charge is 0.176 e. The Labute approximate surface area is 602 Å². The van der Waals surface area contributed by atoms with Crippen molar-refractivity contribution in [1.82, 2.24) is 29.3 Å². The average molecular weight is 1520 g/mol. The van der Waals surface area contributed by atoms with Gasteiger partial charge in [-0.25, -0.2) is 45.4 Å². The Morgan fingerprint density at radius 3 is 1.44 bits per heavy atom. The van der Waals surface area contributed by atoms with Gasteiger partial charge in [-0.3, -0.25) is 0 Å². The van der Waals surface area contributed by atoms with Gasteiger partial charge in [0.05, 0.1) is 106 Å². The van der Waals surface area contributed by atoms with Gasteiger partial charge in [-0.15, -0.1) is 6.42 Å². The molecule has 0 spiro atoms. The van der Waals surface area contributed by atoms with Crippen LogP contribution in [0.5, 0.6) is 0 Å². The highest BCUT2D eigenvalue weighted by atomic mass is 127. The lowest BCUT2D eigenvalue weighted by Crippen LogP contribution is -2.45. The molecule has 0 radical (unpaired) electrons. The highest BCUT2D eigenvalue weighted by molar-refractivity contribution is 14.1. The minimum absolute atomic E-state index is 0.264. The van der Waals surface area contributed by atoms with Crippen molar-refractivity contribution in [3.05, 3.63) is 247 Å². The lowest BCUT2D eigenvalue weighted by atomic mass is 9.65. The van der Waals surface area contributed by atoms with E-state index in [2.05, 4.69) is 76.1 Å². The zero-order chi connectivity index (χ0) is 70.8. The quantitative estimate of drug-likeness (QED) is 0.0325. The molecule has 0 amide bonds. The Bertz CT molecular complexity index is 4870. The molecule has 3 aromatic heterocycles. The van der Waals surface area contributed by atoms with Crippen LogP contribution >= 0.6 is 46.7 Å². The van der Waals surface area contributed by atoms with E-state index in [0.717, 1.165) is 137 Å². The van der Waals surface area contributed by atoms with Crippen LogP contribution in [0, 0.1) is 61.5 Å². The van der Waals surface area contributed by atoms with Gasteiger partial charge >= 0.3 is 0 Å². The molecule has 22 heteroatoms. The highest BCUT2D eigenvalue weighted by Crippen LogP contribution is 2.59. The highest BCUT2D eigenvalue weighted by Gasteiger charge is 2.57. The van der Waals surface area contributed by atoms with Gasteiger partial charge in [0.15, 0.2) is 9.84 Å². The summed E-state index contributed by atoms with van der Waals surface area (Å²) in [5.41, 5.74) is 9.73. The summed E-state index contributed by atoms with van der Waals surface area (Å²) in [7, 11) is -0.103. The maximum Gasteiger partial charge on any atom is 0.176 e. The first-order valence-electron chi connectivity index (χ1n) is 32.5. The number of aryl methyl sites for hydroxylation is 1. The summed E-state index contributed by atoms with van der Waals surface area (Å²) >= 11 is 4.29. The number of halogens is 4. The molecule has 15 rings (SSSR count). The van der Waals surface area contributed by atoms with Crippen LogP contribution < -0.4 is 0 Å². The Morgan fingerprint density at radius 1 is 0.560 bits per heavy atom. The Kier molecular flexibility index (Phi) is 21.1. The maximum atomic E-state index is 13.4. The standard InChI is InChI=1S/C26H27FN2O3S.C26H23FN2O3S.C19H17FN2O.C7H7IO2S/c2*1-25-16-19-17-28-29(22-9-7-21(27)8-10-22)23(19)15-20(25)12-14-26(25,30)13-11-18-5-3-4-6-24(18)33-32-31-2;1-3-19(23)9-8-14-10-17-13(11-18(14,19)2)12-21-22(17)16-6-4-15(20)5-7-16;1-11(9,10)7-5-3-2-4-6(7)8/h3-10,15,17,30H,11-14,16H2,1-2H3;3-10,15,17,30H,12,14,16H2,1-2H3;1,4-7,10,12,23H,8-9,11H2,2H3;2-5H,1H3/t2*25-,26-;18-,19-;/m000./s1. The van der Waals surface area contributed by atoms with Crippen molar-refractivity contribution in [2.75, 3.05) is 20.5 Å². The van der Waals surface area contributed by atoms with Crippen LogP contribution in [-0.4, -0.2) is 90.4 Å². The summed E-state index contributed by atoms with van der Waals surface area (Å²) in [5.74, 6) is 8.17. The first-order chi connectivity index (χ1) is 47.8. The van der Waals surface area contributed by atoms with Gasteiger partial charge in [-0.05, 0) is 237 Å². The molecule has 6 aliphatic carbocycles. The summed E-state index contributed by atoms with van der Waals surface area (Å²) in [6.07, 6.45) is 26.4. The van der Waals surface area contributed by atoms with Crippen molar-refractivity contribution in [1.29, 1.82) is 0 Å². The van der Waals surface area contributed by atoms with Crippen LogP contribution in [0.3, 0.4) is 0 Å². The van der Waals surface area contributed by atoms with E-state index in [1.54, 1.807) is 54.6 Å². The Morgan fingerprint density at radius 2 is 0.970 bits per heavy atom. The van der Waals surface area contributed by atoms with E-state index >= 15 is 0 Å². The molecule has 9 aromatic rings. The Balaban J connectivity index is 0.000000134. The molecule has 0 bridgehead atoms. The van der Waals surface area contributed by atoms with Gasteiger partial charge in [0.2, 0.25) is 0 Å². The number of sulfone groups is 1. The summed E-state index contributed by atoms with van der Waals surface area (Å²) in [6, 6.07) is 41.5. The fraction of sp³-hybridized carbons (Fsp3) is 0.295. The summed E-state index contributed by atoms with van der Waals surface area (Å²) in [6.45, 7) is 6.29. The molecule has 516 valence electrons. The Hall–Kier alpha value is -7.82. The van der Waals surface area contributed by atoms with Crippen LogP contribution in [0.2, 0.25) is 0 Å². The van der Waals surface area contributed by atoms with Crippen LogP contribution in [0.4, 0.5) is 13.2 Å². The van der Waals surface area contributed by atoms with Crippen LogP contribution in [0.1, 0.15) is 111 Å². The minimum atomic E-state index is -3.04. The van der Waals surface area contributed by atoms with Gasteiger partial charge in [0.25, 0.3) is 0 Å². The molecule has 6 aliphatic rings. The molecule has 3 fully saturated rings. The van der Waals surface area contributed by atoms with Crippen LogP contribution in [0.15, 0.2) is 196 Å². The van der Waals surface area contributed by atoms with E-state index < -0.39 is 37.5 Å². The normalized spacial score (nSPS) is 23.4. The number of aliphatic hydroxyl groups is 3. The van der Waals surface area contributed by atoms with Crippen LogP contribution in [0.25, 0.3) is 35.3 Å². The molecule has 6 atom stereocenters. The molecule has 3 N–H and O–H groups in total. The summed E-state index contributed by atoms with van der Waals surface area (Å²) in [4.78, 5) is 11.6. The van der Waals surface area contributed by atoms with Gasteiger partial charge in [0, 0.05) is 36.5 Å². The second-order valence-electron chi connectivity index (χ2n) is 26.5. The number of benzene rings is 6. The number of aromatic nitrogens is 6. The largest absolute Gasteiger partial charge is 0.389 e. The van der Waals surface area contributed by atoms with Crippen molar-refractivity contribution in [2.24, 2.45) is 16.2 Å². The molecule has 3 saturated carbocycles. The number of hydrogen-bond acceptors (Lipinski definition) is 14. The number of hydrogen-bond donors (Lipinski definition) is 3. The second kappa shape index (κ2) is 29.3. The fourth-order valence-electron chi connectivity index (χ4n) is 14.7. The summed E-state index contributed by atoms with van der Waals surface area (Å²) < 4.78 is 78.3. The maximum absolute atomic E-state index is 13.4. The van der Waals surface area contributed by atoms with Crippen molar-refractivity contribution in [3.8, 4) is 41.2 Å². The van der Waals surface area contributed by atoms with Gasteiger partial charge < -0.3 is 15.3 Å². The predicted molar refractivity (Wildman–Crippen MR) is 390 cm³/mol. The van der Waals surface area contributed by atoms with E-state index in [1.165, 1.54) is 74.5 Å². The van der Waals surface area contributed by atoms with Gasteiger partial charge in [-0.2, -0.15) is 24.0 Å². The molecular formula is C78H74F3IN6O9S3. The molecule has 6 aromatic carbocycles. The SMILES string of the molecule is C#C[C@]1(O)CCC2=Cc3c(cnn3-c3ccc(F)cc3)C[C@@]21C.COOSc1ccccc1C#C[C@]1(O)CCC2=Cc3c(cnn3-c3ccc(F)cc3)C[C@@]21C.COOSc1ccccc1CC[C@]1(O)CCC2=Cc3c(cnn3-c3ccc(F)cc3)C[C@@]21C.CS(=O)(=O)c1ccccc1I. The van der Waals surface area contributed by atoms with E-state index in [4.69, 9.17) is 20.0 Å². The third-order valence-corrected chi connectivity index (χ3v) is 24.6. The second-order valence-corrected chi connectivity index (χ2v) is 31.1. The summed E-state index contributed by atoms with van der Waals surface area (Å²) in [5, 5.41) is 47.9. The third-order valence-electron chi connectivity index (χ3n) is 20.7.